The van der Waals surface area contributed by atoms with E-state index >= 15 is 0 Å². The lowest BCUT2D eigenvalue weighted by Crippen LogP contribution is -2.47. The third-order valence-electron chi connectivity index (χ3n) is 14.1. The number of hydrogen-bond donors (Lipinski definition) is 7. The van der Waals surface area contributed by atoms with Crippen LogP contribution in [0.25, 0.3) is 0 Å². The first-order valence-electron chi connectivity index (χ1n) is 27.1. The Morgan fingerprint density at radius 2 is 1.72 bits per heavy atom. The summed E-state index contributed by atoms with van der Waals surface area (Å²) < 4.78 is 22.3. The molecule has 0 radical (unpaired) electrons. The molecule has 2 aromatic heterocycles. The van der Waals surface area contributed by atoms with Crippen LogP contribution < -0.4 is 37.2 Å². The average molecular weight is 1160 g/mol. The molecule has 0 unspecified atom stereocenters. The number of alkyl carbamates (subject to hydrolysis) is 1. The highest BCUT2D eigenvalue weighted by molar-refractivity contribution is 7.17. The second-order valence-electron chi connectivity index (χ2n) is 20.4. The van der Waals surface area contributed by atoms with Crippen LogP contribution in [0.2, 0.25) is 5.02 Å². The van der Waals surface area contributed by atoms with Crippen LogP contribution in [0.1, 0.15) is 87.3 Å². The van der Waals surface area contributed by atoms with E-state index in [4.69, 9.17) is 36.3 Å². The highest BCUT2D eigenvalue weighted by Crippen LogP contribution is 2.31. The molecule has 438 valence electrons. The molecule has 2 bridgehead atoms. The maximum absolute atomic E-state index is 14.1. The van der Waals surface area contributed by atoms with Crippen molar-refractivity contribution in [1.29, 1.82) is 0 Å². The zero-order valence-corrected chi connectivity index (χ0v) is 48.8. The lowest BCUT2D eigenvalue weighted by molar-refractivity contribution is -0.120. The highest BCUT2D eigenvalue weighted by atomic mass is 35.5. The molecule has 0 spiro atoms. The number of benzene rings is 1. The quantitative estimate of drug-likeness (QED) is 0.0362. The van der Waals surface area contributed by atoms with Crippen LogP contribution in [-0.4, -0.2) is 152 Å². The van der Waals surface area contributed by atoms with Crippen LogP contribution in [0.5, 0.6) is 0 Å². The SMILES string of the molecule is CO[C@H]1C=CC=C(C)C(=O)NC2=CC(=O)C(NCCCCCCNC(=O)OCCN3CCN(c4cc(Nc5ncc(C(=O)Nc6c(C)cccc6Cl)s5)nc(C)n4)CC3)=C(C[C@@H](C)C[C@H](OC)[C@@H](O)[C@@H](C)C=C(C)[C@@H]1OC(N)=O)C2=O. The number of primary amides is 1. The molecule has 4 amide bonds. The summed E-state index contributed by atoms with van der Waals surface area (Å²) in [5.74, 6) is -0.719. The number of aliphatic hydroxyl groups is 1. The van der Waals surface area contributed by atoms with Crippen molar-refractivity contribution in [2.45, 2.75) is 104 Å². The minimum atomic E-state index is -1.02. The number of hydrogen-bond acceptors (Lipinski definition) is 19. The predicted octanol–water partition coefficient (Wildman–Crippen LogP) is 6.97. The van der Waals surface area contributed by atoms with Crippen LogP contribution in [0.4, 0.5) is 32.0 Å². The number of halogens is 1. The van der Waals surface area contributed by atoms with E-state index in [1.54, 1.807) is 45.1 Å². The molecule has 1 aliphatic carbocycles. The number of anilines is 4. The second-order valence-corrected chi connectivity index (χ2v) is 21.8. The van der Waals surface area contributed by atoms with Gasteiger partial charge in [-0.25, -0.2) is 24.5 Å². The van der Waals surface area contributed by atoms with E-state index in [0.717, 1.165) is 43.4 Å². The molecule has 2 aliphatic heterocycles. The monoisotopic (exact) mass is 1160 g/mol. The largest absolute Gasteiger partial charge is 0.448 e. The van der Waals surface area contributed by atoms with Gasteiger partial charge in [-0.15, -0.1) is 0 Å². The van der Waals surface area contributed by atoms with Crippen molar-refractivity contribution in [3.05, 3.63) is 110 Å². The molecule has 81 heavy (non-hydrogen) atoms. The van der Waals surface area contributed by atoms with Gasteiger partial charge in [0.1, 0.15) is 35.0 Å². The number of nitrogens with zero attached hydrogens (tertiary/aromatic N) is 5. The minimum Gasteiger partial charge on any atom is -0.448 e. The van der Waals surface area contributed by atoms with Gasteiger partial charge in [0, 0.05) is 89.2 Å². The van der Waals surface area contributed by atoms with E-state index in [9.17, 15) is 33.9 Å². The first-order valence-corrected chi connectivity index (χ1v) is 28.3. The Morgan fingerprint density at radius 1 is 0.975 bits per heavy atom. The second kappa shape index (κ2) is 30.7. The first-order chi connectivity index (χ1) is 38.7. The fraction of sp³-hybridized carbons (Fsp3) is 0.491. The smallest absolute Gasteiger partial charge is 0.407 e. The molecule has 1 saturated heterocycles. The first kappa shape index (κ1) is 63.2. The van der Waals surface area contributed by atoms with Gasteiger partial charge < -0.3 is 61.3 Å². The van der Waals surface area contributed by atoms with Crippen molar-refractivity contribution < 1.29 is 52.8 Å². The molecule has 1 fully saturated rings. The third kappa shape index (κ3) is 18.5. The van der Waals surface area contributed by atoms with Crippen molar-refractivity contribution in [3.63, 3.8) is 0 Å². The number of aromatic nitrogens is 3. The fourth-order valence-electron chi connectivity index (χ4n) is 9.59. The number of carbonyl (C=O) groups excluding carboxylic acids is 6. The number of Topliss-reactive ketones (excluding diaryl/α,β-unsaturated/α-hetero) is 1. The summed E-state index contributed by atoms with van der Waals surface area (Å²) in [6.45, 7) is 15.2. The molecule has 6 rings (SSSR count). The van der Waals surface area contributed by atoms with Gasteiger partial charge in [-0.2, -0.15) is 0 Å². The molecule has 3 aromatic rings. The molecular formula is C57H76ClN11O11S. The number of aliphatic hydroxyl groups excluding tert-OH is 1. The number of fused-ring (bicyclic) bond motifs is 2. The van der Waals surface area contributed by atoms with Gasteiger partial charge in [0.25, 0.3) is 11.8 Å². The number of ketones is 2. The van der Waals surface area contributed by atoms with Gasteiger partial charge in [0.05, 0.1) is 40.5 Å². The summed E-state index contributed by atoms with van der Waals surface area (Å²) in [6.07, 6.45) is 7.46. The number of aryl methyl sites for hydroxylation is 2. The molecule has 24 heteroatoms. The number of para-hydroxylation sites is 1. The molecule has 1 aromatic carbocycles. The number of nitrogens with two attached hydrogens (primary N) is 1. The standard InChI is InChI=1S/C57H76ClN11O11S/c1-33-27-39-49(42(70)30-41(51(39)72)65-53(73)35(3)16-14-18-43(77-7)52(80-55(59)75)37(5)29-36(4)50(71)44(28-33)78-8)60-19-11-9-10-12-20-61-57(76)79-26-25-68-21-23-69(24-22-68)47-31-46(63-38(6)64-47)66-56-62-32-45(81-56)54(74)67-48-34(2)15-13-17-40(48)58/h13-18,29-33,36,43-44,50,52,60,71H,9-12,19-28H2,1-8H3,(H2,59,75)(H,61,76)(H,65,73)(H,67,74)(H,62,63,64,66)/t33-,36+,43+,44+,50+,52+/m1/s1. The summed E-state index contributed by atoms with van der Waals surface area (Å²) in [6, 6.07) is 7.28. The number of rotatable bonds is 19. The maximum atomic E-state index is 14.1. The van der Waals surface area contributed by atoms with Crippen LogP contribution in [0, 0.1) is 25.7 Å². The van der Waals surface area contributed by atoms with Crippen LogP contribution in [0.3, 0.4) is 0 Å². The summed E-state index contributed by atoms with van der Waals surface area (Å²) in [7, 11) is 2.92. The number of thiazole rings is 1. The van der Waals surface area contributed by atoms with Gasteiger partial charge >= 0.3 is 12.2 Å². The van der Waals surface area contributed by atoms with Crippen molar-refractivity contribution in [3.8, 4) is 0 Å². The molecule has 4 heterocycles. The minimum absolute atomic E-state index is 0.147. The lowest BCUT2D eigenvalue weighted by Gasteiger charge is -2.35. The molecule has 0 saturated carbocycles. The normalized spacial score (nSPS) is 21.6. The van der Waals surface area contributed by atoms with E-state index < -0.39 is 60.0 Å². The Labute approximate surface area is 482 Å². The summed E-state index contributed by atoms with van der Waals surface area (Å²) in [5.41, 5.74) is 7.84. The van der Waals surface area contributed by atoms with Crippen molar-refractivity contribution in [2.75, 3.05) is 82.2 Å². The Bertz CT molecular complexity index is 2880. The van der Waals surface area contributed by atoms with Crippen molar-refractivity contribution in [1.82, 2.24) is 35.8 Å². The van der Waals surface area contributed by atoms with E-state index in [2.05, 4.69) is 51.3 Å². The highest BCUT2D eigenvalue weighted by Gasteiger charge is 2.34. The van der Waals surface area contributed by atoms with Crippen LogP contribution in [0.15, 0.2) is 89.0 Å². The number of carbonyl (C=O) groups is 6. The average Bonchev–Trinajstić information content (AvgIpc) is 3.94. The number of allylic oxidation sites excluding steroid dienone is 4. The zero-order valence-electron chi connectivity index (χ0n) is 47.3. The number of piperazine rings is 1. The molecule has 6 atom stereocenters. The molecular weight excluding hydrogens is 1080 g/mol. The summed E-state index contributed by atoms with van der Waals surface area (Å²) in [4.78, 5) is 97.1. The van der Waals surface area contributed by atoms with Gasteiger partial charge in [-0.1, -0.05) is 86.1 Å². The topological polar surface area (TPSA) is 291 Å². The van der Waals surface area contributed by atoms with Crippen molar-refractivity contribution in [2.24, 2.45) is 17.6 Å². The number of unbranched alkanes of at least 4 members (excludes halogenated alkanes) is 3. The summed E-state index contributed by atoms with van der Waals surface area (Å²) >= 11 is 7.51. The van der Waals surface area contributed by atoms with E-state index in [-0.39, 0.29) is 47.4 Å². The van der Waals surface area contributed by atoms with Crippen LogP contribution >= 0.6 is 22.9 Å². The predicted molar refractivity (Wildman–Crippen MR) is 310 cm³/mol. The number of amides is 4. The number of nitrogens with one attached hydrogen (secondary N) is 5. The van der Waals surface area contributed by atoms with Gasteiger partial charge in [-0.05, 0) is 76.5 Å². The zero-order chi connectivity index (χ0) is 58.8. The van der Waals surface area contributed by atoms with E-state index in [0.29, 0.717) is 89.9 Å². The number of ether oxygens (including phenoxy) is 4. The molecule has 3 aliphatic rings. The van der Waals surface area contributed by atoms with Crippen molar-refractivity contribution >= 4 is 81.0 Å². The Balaban J connectivity index is 0.925. The van der Waals surface area contributed by atoms with E-state index in [1.807, 2.05) is 39.0 Å². The van der Waals surface area contributed by atoms with Gasteiger partial charge in [-0.3, -0.25) is 24.1 Å². The number of methoxy groups -OCH3 is 2. The Kier molecular flexibility index (Phi) is 23.9. The van der Waals surface area contributed by atoms with Gasteiger partial charge in [0.15, 0.2) is 11.2 Å². The Morgan fingerprint density at radius 3 is 2.42 bits per heavy atom. The fourth-order valence-corrected chi connectivity index (χ4v) is 10.6. The summed E-state index contributed by atoms with van der Waals surface area (Å²) in [5, 5.41) is 27.2. The molecule has 22 nitrogen and oxygen atoms in total. The van der Waals surface area contributed by atoms with Crippen LogP contribution in [-0.2, 0) is 33.3 Å². The maximum Gasteiger partial charge on any atom is 0.407 e. The van der Waals surface area contributed by atoms with Gasteiger partial charge in [0.2, 0.25) is 11.6 Å². The Hall–Kier alpha value is -7.02. The molecule has 8 N–H and O–H groups in total. The lowest BCUT2D eigenvalue weighted by atomic mass is 9.85. The van der Waals surface area contributed by atoms with E-state index in [1.165, 1.54) is 37.8 Å². The third-order valence-corrected chi connectivity index (χ3v) is 15.3.